The van der Waals surface area contributed by atoms with Crippen LogP contribution in [0, 0.1) is 5.92 Å². The van der Waals surface area contributed by atoms with Crippen LogP contribution in [-0.4, -0.2) is 14.8 Å². The van der Waals surface area contributed by atoms with Crippen LogP contribution in [0.5, 0.6) is 0 Å². The third-order valence-corrected chi connectivity index (χ3v) is 3.35. The lowest BCUT2D eigenvalue weighted by Crippen LogP contribution is -2.00. The van der Waals surface area contributed by atoms with Crippen molar-refractivity contribution in [3.05, 3.63) is 30.2 Å². The number of pyridine rings is 1. The van der Waals surface area contributed by atoms with Gasteiger partial charge in [0.15, 0.2) is 0 Å². The Morgan fingerprint density at radius 2 is 2.22 bits per heavy atom. The molecule has 2 heterocycles. The Kier molecular flexibility index (Phi) is 3.65. The van der Waals surface area contributed by atoms with Crippen LogP contribution in [0.2, 0.25) is 0 Å². The fourth-order valence-electron chi connectivity index (χ4n) is 2.04. The SMILES string of the molecule is CCC(C)Cc1nn(C)c(N)c1-c1cccnc1. The molecule has 2 aromatic rings. The van der Waals surface area contributed by atoms with Crippen LogP contribution in [0.1, 0.15) is 26.0 Å². The summed E-state index contributed by atoms with van der Waals surface area (Å²) in [6.45, 7) is 4.43. The van der Waals surface area contributed by atoms with E-state index in [0.29, 0.717) is 11.7 Å². The highest BCUT2D eigenvalue weighted by Gasteiger charge is 2.17. The molecule has 0 amide bonds. The summed E-state index contributed by atoms with van der Waals surface area (Å²) in [6.07, 6.45) is 5.70. The van der Waals surface area contributed by atoms with E-state index in [2.05, 4.69) is 23.9 Å². The fourth-order valence-corrected chi connectivity index (χ4v) is 2.04. The summed E-state index contributed by atoms with van der Waals surface area (Å²) in [7, 11) is 1.88. The second kappa shape index (κ2) is 5.21. The minimum atomic E-state index is 0.606. The van der Waals surface area contributed by atoms with Crippen LogP contribution in [0.4, 0.5) is 5.82 Å². The number of nitrogen functional groups attached to an aromatic ring is 1. The van der Waals surface area contributed by atoms with Crippen molar-refractivity contribution in [3.8, 4) is 11.1 Å². The van der Waals surface area contributed by atoms with Crippen molar-refractivity contribution in [1.82, 2.24) is 14.8 Å². The Labute approximate surface area is 108 Å². The Bertz CT molecular complexity index is 516. The van der Waals surface area contributed by atoms with Gasteiger partial charge in [-0.1, -0.05) is 26.3 Å². The van der Waals surface area contributed by atoms with Crippen LogP contribution in [-0.2, 0) is 13.5 Å². The van der Waals surface area contributed by atoms with Crippen LogP contribution in [0.3, 0.4) is 0 Å². The molecule has 0 aliphatic carbocycles. The van der Waals surface area contributed by atoms with Gasteiger partial charge in [-0.3, -0.25) is 9.67 Å². The van der Waals surface area contributed by atoms with Gasteiger partial charge in [0.1, 0.15) is 5.82 Å². The molecule has 0 bridgehead atoms. The lowest BCUT2D eigenvalue weighted by Gasteiger charge is -2.08. The first-order chi connectivity index (χ1) is 8.63. The molecule has 0 aromatic carbocycles. The second-order valence-corrected chi connectivity index (χ2v) is 4.79. The maximum Gasteiger partial charge on any atom is 0.129 e. The van der Waals surface area contributed by atoms with Gasteiger partial charge in [0, 0.05) is 30.6 Å². The van der Waals surface area contributed by atoms with Gasteiger partial charge in [0.25, 0.3) is 0 Å². The minimum Gasteiger partial charge on any atom is -0.383 e. The van der Waals surface area contributed by atoms with Crippen LogP contribution in [0.15, 0.2) is 24.5 Å². The Morgan fingerprint density at radius 1 is 1.44 bits per heavy atom. The molecule has 1 unspecified atom stereocenters. The lowest BCUT2D eigenvalue weighted by molar-refractivity contribution is 0.547. The molecule has 0 radical (unpaired) electrons. The zero-order valence-electron chi connectivity index (χ0n) is 11.2. The van der Waals surface area contributed by atoms with Gasteiger partial charge >= 0.3 is 0 Å². The minimum absolute atomic E-state index is 0.606. The third-order valence-electron chi connectivity index (χ3n) is 3.35. The summed E-state index contributed by atoms with van der Waals surface area (Å²) in [4.78, 5) is 4.16. The molecule has 2 rings (SSSR count). The quantitative estimate of drug-likeness (QED) is 0.899. The van der Waals surface area contributed by atoms with Gasteiger partial charge in [-0.2, -0.15) is 5.10 Å². The molecule has 0 aliphatic heterocycles. The fraction of sp³-hybridized carbons (Fsp3) is 0.429. The maximum atomic E-state index is 6.13. The molecule has 0 saturated heterocycles. The predicted octanol–water partition coefficient (Wildman–Crippen LogP) is 2.65. The molecule has 96 valence electrons. The highest BCUT2D eigenvalue weighted by atomic mass is 15.3. The molecule has 18 heavy (non-hydrogen) atoms. The summed E-state index contributed by atoms with van der Waals surface area (Å²) >= 11 is 0. The largest absolute Gasteiger partial charge is 0.383 e. The van der Waals surface area contributed by atoms with Crippen molar-refractivity contribution in [2.75, 3.05) is 5.73 Å². The molecule has 0 aliphatic rings. The number of rotatable bonds is 4. The van der Waals surface area contributed by atoms with Crippen LogP contribution in [0.25, 0.3) is 11.1 Å². The number of nitrogens with zero attached hydrogens (tertiary/aromatic N) is 3. The first-order valence-corrected chi connectivity index (χ1v) is 6.35. The van der Waals surface area contributed by atoms with E-state index in [1.807, 2.05) is 25.4 Å². The Hall–Kier alpha value is -1.84. The number of anilines is 1. The summed E-state index contributed by atoms with van der Waals surface area (Å²) in [5.74, 6) is 1.32. The van der Waals surface area contributed by atoms with Gasteiger partial charge in [-0.05, 0) is 18.4 Å². The second-order valence-electron chi connectivity index (χ2n) is 4.79. The predicted molar refractivity (Wildman–Crippen MR) is 74.0 cm³/mol. The standard InChI is InChI=1S/C14H20N4/c1-4-10(2)8-12-13(14(15)18(3)17-12)11-6-5-7-16-9-11/h5-7,9-10H,4,8,15H2,1-3H3. The number of hydrogen-bond donors (Lipinski definition) is 1. The van der Waals surface area contributed by atoms with Crippen LogP contribution >= 0.6 is 0 Å². The van der Waals surface area contributed by atoms with Crippen molar-refractivity contribution in [3.63, 3.8) is 0 Å². The number of hydrogen-bond acceptors (Lipinski definition) is 3. The highest BCUT2D eigenvalue weighted by Crippen LogP contribution is 2.30. The van der Waals surface area contributed by atoms with E-state index in [4.69, 9.17) is 5.73 Å². The molecule has 0 spiro atoms. The summed E-state index contributed by atoms with van der Waals surface area (Å²) in [6, 6.07) is 3.95. The van der Waals surface area contributed by atoms with Crippen molar-refractivity contribution >= 4 is 5.82 Å². The normalized spacial score (nSPS) is 12.6. The average molecular weight is 244 g/mol. The number of nitrogens with two attached hydrogens (primary N) is 1. The van der Waals surface area contributed by atoms with Crippen molar-refractivity contribution in [2.24, 2.45) is 13.0 Å². The molecule has 4 heteroatoms. The molecule has 4 nitrogen and oxygen atoms in total. The third kappa shape index (κ3) is 2.37. The molecule has 1 atom stereocenters. The highest BCUT2D eigenvalue weighted by molar-refractivity contribution is 5.76. The van der Waals surface area contributed by atoms with E-state index in [-0.39, 0.29) is 0 Å². The number of aromatic nitrogens is 3. The van der Waals surface area contributed by atoms with Gasteiger partial charge < -0.3 is 5.73 Å². The van der Waals surface area contributed by atoms with E-state index in [1.165, 1.54) is 0 Å². The summed E-state index contributed by atoms with van der Waals surface area (Å²) < 4.78 is 1.75. The van der Waals surface area contributed by atoms with E-state index in [0.717, 1.165) is 29.7 Å². The topological polar surface area (TPSA) is 56.7 Å². The molecular formula is C14H20N4. The van der Waals surface area contributed by atoms with Gasteiger partial charge in [-0.25, -0.2) is 0 Å². The van der Waals surface area contributed by atoms with Crippen molar-refractivity contribution in [2.45, 2.75) is 26.7 Å². The Morgan fingerprint density at radius 3 is 2.83 bits per heavy atom. The summed E-state index contributed by atoms with van der Waals surface area (Å²) in [5.41, 5.74) is 9.27. The first kappa shape index (κ1) is 12.6. The average Bonchev–Trinajstić information content (AvgIpc) is 2.66. The Balaban J connectivity index is 2.45. The number of aryl methyl sites for hydroxylation is 1. The van der Waals surface area contributed by atoms with E-state index in [1.54, 1.807) is 10.9 Å². The molecule has 0 fully saturated rings. The van der Waals surface area contributed by atoms with Gasteiger partial charge in [-0.15, -0.1) is 0 Å². The first-order valence-electron chi connectivity index (χ1n) is 6.35. The lowest BCUT2D eigenvalue weighted by atomic mass is 9.98. The van der Waals surface area contributed by atoms with Gasteiger partial charge in [0.05, 0.1) is 5.69 Å². The monoisotopic (exact) mass is 244 g/mol. The van der Waals surface area contributed by atoms with Crippen molar-refractivity contribution < 1.29 is 0 Å². The van der Waals surface area contributed by atoms with Crippen molar-refractivity contribution in [1.29, 1.82) is 0 Å². The zero-order chi connectivity index (χ0) is 13.1. The van der Waals surface area contributed by atoms with E-state index in [9.17, 15) is 0 Å². The maximum absolute atomic E-state index is 6.13. The van der Waals surface area contributed by atoms with Crippen LogP contribution < -0.4 is 5.73 Å². The molecular weight excluding hydrogens is 224 g/mol. The van der Waals surface area contributed by atoms with E-state index < -0.39 is 0 Å². The molecule has 2 N–H and O–H groups in total. The van der Waals surface area contributed by atoms with Gasteiger partial charge in [0.2, 0.25) is 0 Å². The smallest absolute Gasteiger partial charge is 0.129 e. The summed E-state index contributed by atoms with van der Waals surface area (Å²) in [5, 5.41) is 4.54. The molecule has 2 aromatic heterocycles. The molecule has 0 saturated carbocycles. The van der Waals surface area contributed by atoms with E-state index >= 15 is 0 Å². The zero-order valence-corrected chi connectivity index (χ0v) is 11.2.